The average molecular weight is 556 g/mol. The topological polar surface area (TPSA) is 114 Å². The Morgan fingerprint density at radius 1 is 1.15 bits per heavy atom. The second kappa shape index (κ2) is 14.1. The van der Waals surface area contributed by atoms with Crippen LogP contribution in [0.3, 0.4) is 0 Å². The Morgan fingerprint density at radius 2 is 1.90 bits per heavy atom. The highest BCUT2D eigenvalue weighted by atomic mass is 35.5. The highest BCUT2D eigenvalue weighted by Gasteiger charge is 2.37. The van der Waals surface area contributed by atoms with Crippen molar-refractivity contribution in [3.05, 3.63) is 70.7 Å². The summed E-state index contributed by atoms with van der Waals surface area (Å²) in [5.74, 6) is -0.927. The van der Waals surface area contributed by atoms with Gasteiger partial charge in [-0.05, 0) is 42.5 Å². The monoisotopic (exact) mass is 555 g/mol. The highest BCUT2D eigenvalue weighted by molar-refractivity contribution is 6.30. The zero-order valence-corrected chi connectivity index (χ0v) is 23.5. The van der Waals surface area contributed by atoms with Crippen LogP contribution in [0, 0.1) is 5.92 Å². The van der Waals surface area contributed by atoms with Crippen molar-refractivity contribution in [2.75, 3.05) is 6.54 Å². The molecule has 0 spiro atoms. The quantitative estimate of drug-likeness (QED) is 0.306. The number of ether oxygens (including phenoxy) is 1. The first-order valence-corrected chi connectivity index (χ1v) is 13.8. The van der Waals surface area contributed by atoms with Crippen LogP contribution in [0.2, 0.25) is 5.02 Å². The molecule has 0 aromatic heterocycles. The molecule has 3 amide bonds. The third-order valence-corrected chi connectivity index (χ3v) is 7.43. The molecular formula is C30H38ClN3O5. The van der Waals surface area contributed by atoms with E-state index in [0.29, 0.717) is 37.1 Å². The molecule has 0 radical (unpaired) electrons. The van der Waals surface area contributed by atoms with Gasteiger partial charge in [0.1, 0.15) is 18.4 Å². The number of benzene rings is 2. The number of hydrogen-bond donors (Lipinski definition) is 3. The summed E-state index contributed by atoms with van der Waals surface area (Å²) in [6.45, 7) is 6.49. The van der Waals surface area contributed by atoms with Crippen LogP contribution >= 0.6 is 11.6 Å². The van der Waals surface area contributed by atoms with Gasteiger partial charge in [0, 0.05) is 22.9 Å². The van der Waals surface area contributed by atoms with Crippen LogP contribution in [0.5, 0.6) is 0 Å². The van der Waals surface area contributed by atoms with Gasteiger partial charge in [0.25, 0.3) is 0 Å². The van der Waals surface area contributed by atoms with Crippen LogP contribution in [0.15, 0.2) is 54.6 Å². The fourth-order valence-electron chi connectivity index (χ4n) is 4.87. The minimum Gasteiger partial charge on any atom is -0.440 e. The van der Waals surface area contributed by atoms with Gasteiger partial charge in [-0.1, -0.05) is 87.7 Å². The number of amides is 3. The Hall–Kier alpha value is -3.39. The van der Waals surface area contributed by atoms with Gasteiger partial charge >= 0.3 is 6.09 Å². The number of carbonyl (C=O) groups excluding carboxylic acids is 4. The molecule has 2 aromatic carbocycles. The molecular weight excluding hydrogens is 518 g/mol. The molecule has 1 unspecified atom stereocenters. The van der Waals surface area contributed by atoms with Crippen molar-refractivity contribution in [3.8, 4) is 0 Å². The van der Waals surface area contributed by atoms with Gasteiger partial charge in [0.15, 0.2) is 0 Å². The van der Waals surface area contributed by atoms with E-state index in [9.17, 15) is 19.2 Å². The molecule has 1 heterocycles. The van der Waals surface area contributed by atoms with Crippen molar-refractivity contribution < 1.29 is 23.9 Å². The molecule has 39 heavy (non-hydrogen) atoms. The summed E-state index contributed by atoms with van der Waals surface area (Å²) in [7, 11) is 0. The fraction of sp³-hybridized carbons (Fsp3) is 0.467. The largest absolute Gasteiger partial charge is 0.440 e. The number of aldehydes is 1. The summed E-state index contributed by atoms with van der Waals surface area (Å²) < 4.78 is 6.01. The summed E-state index contributed by atoms with van der Waals surface area (Å²) in [6, 6.07) is 15.1. The Balaban J connectivity index is 1.76. The first kappa shape index (κ1) is 30.2. The first-order chi connectivity index (χ1) is 18.6. The molecule has 1 aliphatic rings. The molecule has 1 fully saturated rings. The Labute approximate surface area is 235 Å². The number of carbonyl (C=O) groups is 4. The number of alkyl carbamates (subject to hydrolysis) is 1. The van der Waals surface area contributed by atoms with Gasteiger partial charge < -0.3 is 25.5 Å². The van der Waals surface area contributed by atoms with Gasteiger partial charge in [-0.3, -0.25) is 9.59 Å². The van der Waals surface area contributed by atoms with Crippen molar-refractivity contribution in [1.29, 1.82) is 0 Å². The van der Waals surface area contributed by atoms with E-state index in [4.69, 9.17) is 16.3 Å². The van der Waals surface area contributed by atoms with E-state index >= 15 is 0 Å². The van der Waals surface area contributed by atoms with Gasteiger partial charge in [-0.25, -0.2) is 4.79 Å². The molecule has 3 N–H and O–H groups in total. The van der Waals surface area contributed by atoms with E-state index in [2.05, 4.69) is 16.0 Å². The molecule has 0 bridgehead atoms. The maximum absolute atomic E-state index is 13.3. The Bertz CT molecular complexity index is 1140. The molecule has 1 aliphatic heterocycles. The van der Waals surface area contributed by atoms with E-state index < -0.39 is 35.6 Å². The molecule has 0 saturated carbocycles. The van der Waals surface area contributed by atoms with Crippen molar-refractivity contribution in [1.82, 2.24) is 16.0 Å². The van der Waals surface area contributed by atoms with Crippen molar-refractivity contribution in [2.45, 2.75) is 76.5 Å². The standard InChI is InChI=1S/C30H38ClN3O5/c1-4-5-14-25(28(37)33-24(19-35)17-21-15-16-32-27(21)36)34-29(38)39-26(20-10-7-6-8-11-20)30(2,3)22-12-9-13-23(31)18-22/h6-13,18-19,21,24-26H,4-5,14-17H2,1-3H3,(H,32,36)(H,33,37)(H,34,38)/t21-,24-,25-,26?/m0/s1. The summed E-state index contributed by atoms with van der Waals surface area (Å²) >= 11 is 6.26. The molecule has 1 saturated heterocycles. The normalized spacial score (nSPS) is 17.4. The molecule has 8 nitrogen and oxygen atoms in total. The molecule has 3 rings (SSSR count). The van der Waals surface area contributed by atoms with Gasteiger partial charge in [0.05, 0.1) is 6.04 Å². The lowest BCUT2D eigenvalue weighted by atomic mass is 9.76. The number of unbranched alkanes of at least 4 members (excludes halogenated alkanes) is 1. The molecule has 210 valence electrons. The first-order valence-electron chi connectivity index (χ1n) is 13.5. The van der Waals surface area contributed by atoms with Crippen molar-refractivity contribution in [2.24, 2.45) is 5.92 Å². The third-order valence-electron chi connectivity index (χ3n) is 7.20. The van der Waals surface area contributed by atoms with Crippen LogP contribution < -0.4 is 16.0 Å². The van der Waals surface area contributed by atoms with Crippen molar-refractivity contribution >= 4 is 35.8 Å². The molecule has 0 aliphatic carbocycles. The zero-order valence-electron chi connectivity index (χ0n) is 22.7. The Kier molecular flexibility index (Phi) is 10.9. The van der Waals surface area contributed by atoms with Gasteiger partial charge in [-0.2, -0.15) is 0 Å². The lowest BCUT2D eigenvalue weighted by Gasteiger charge is -2.35. The number of hydrogen-bond acceptors (Lipinski definition) is 5. The van der Waals surface area contributed by atoms with E-state index in [0.717, 1.165) is 17.5 Å². The molecule has 4 atom stereocenters. The van der Waals surface area contributed by atoms with Crippen LogP contribution in [0.25, 0.3) is 0 Å². The van der Waals surface area contributed by atoms with Crippen LogP contribution in [-0.2, 0) is 24.5 Å². The van der Waals surface area contributed by atoms with Gasteiger partial charge in [0.2, 0.25) is 11.8 Å². The van der Waals surface area contributed by atoms with Crippen LogP contribution in [0.4, 0.5) is 4.79 Å². The predicted molar refractivity (Wildman–Crippen MR) is 150 cm³/mol. The van der Waals surface area contributed by atoms with E-state index in [1.807, 2.05) is 69.3 Å². The second-order valence-electron chi connectivity index (χ2n) is 10.5. The van der Waals surface area contributed by atoms with E-state index in [1.54, 1.807) is 6.07 Å². The van der Waals surface area contributed by atoms with Crippen molar-refractivity contribution in [3.63, 3.8) is 0 Å². The smallest absolute Gasteiger partial charge is 0.408 e. The lowest BCUT2D eigenvalue weighted by Crippen LogP contribution is -2.51. The fourth-order valence-corrected chi connectivity index (χ4v) is 5.06. The highest BCUT2D eigenvalue weighted by Crippen LogP contribution is 2.40. The number of halogens is 1. The predicted octanol–water partition coefficient (Wildman–Crippen LogP) is 4.85. The maximum atomic E-state index is 13.3. The van der Waals surface area contributed by atoms with Crippen LogP contribution in [0.1, 0.15) is 70.1 Å². The van der Waals surface area contributed by atoms with E-state index in [-0.39, 0.29) is 18.2 Å². The number of rotatable bonds is 13. The summed E-state index contributed by atoms with van der Waals surface area (Å²) in [6.07, 6.45) is 1.92. The second-order valence-corrected chi connectivity index (χ2v) is 11.0. The molecule has 9 heteroatoms. The summed E-state index contributed by atoms with van der Waals surface area (Å²) in [5, 5.41) is 8.74. The number of nitrogens with one attached hydrogen (secondary N) is 3. The molecule has 2 aromatic rings. The SMILES string of the molecule is CCCC[C@H](NC(=O)OC(c1ccccc1)C(C)(C)c1cccc(Cl)c1)C(=O)N[C@H](C=O)C[C@@H]1CCNC1=O. The average Bonchev–Trinajstić information content (AvgIpc) is 3.33. The maximum Gasteiger partial charge on any atom is 0.408 e. The van der Waals surface area contributed by atoms with Crippen LogP contribution in [-0.4, -0.2) is 42.8 Å². The Morgan fingerprint density at radius 3 is 2.51 bits per heavy atom. The zero-order chi connectivity index (χ0) is 28.4. The lowest BCUT2D eigenvalue weighted by molar-refractivity contribution is -0.127. The van der Waals surface area contributed by atoms with E-state index in [1.165, 1.54) is 0 Å². The third kappa shape index (κ3) is 8.30. The van der Waals surface area contributed by atoms with Gasteiger partial charge in [-0.15, -0.1) is 0 Å². The minimum absolute atomic E-state index is 0.116. The minimum atomic E-state index is -0.900. The summed E-state index contributed by atoms with van der Waals surface area (Å²) in [5.41, 5.74) is 1.03. The summed E-state index contributed by atoms with van der Waals surface area (Å²) in [4.78, 5) is 50.1.